The summed E-state index contributed by atoms with van der Waals surface area (Å²) in [6.07, 6.45) is 0. The molecule has 22 heavy (non-hydrogen) atoms. The molecule has 5 nitrogen and oxygen atoms in total. The Hall–Kier alpha value is -1.56. The zero-order valence-electron chi connectivity index (χ0n) is 12.6. The van der Waals surface area contributed by atoms with Gasteiger partial charge in [-0.15, -0.1) is 0 Å². The van der Waals surface area contributed by atoms with Gasteiger partial charge in [0, 0.05) is 32.1 Å². The van der Waals surface area contributed by atoms with Gasteiger partial charge in [0.25, 0.3) is 0 Å². The summed E-state index contributed by atoms with van der Waals surface area (Å²) in [5.74, 6) is 0. The number of hydrogen-bond donors (Lipinski definition) is 0. The second kappa shape index (κ2) is 8.17. The molecule has 3 aromatic rings. The van der Waals surface area contributed by atoms with Gasteiger partial charge in [-0.3, -0.25) is 0 Å². The minimum Gasteiger partial charge on any atom is -0.375 e. The Balaban J connectivity index is 0.000000217. The first-order valence-corrected chi connectivity index (χ1v) is 8.94. The zero-order chi connectivity index (χ0) is 15.9. The fraction of sp³-hybridized carbons (Fsp3) is 0.200. The average Bonchev–Trinajstić information content (AvgIpc) is 2.57. The summed E-state index contributed by atoms with van der Waals surface area (Å²) in [6, 6.07) is 15.3. The highest BCUT2D eigenvalue weighted by atomic mass is 31.1. The van der Waals surface area contributed by atoms with Crippen LogP contribution in [0.15, 0.2) is 52.7 Å². The van der Waals surface area contributed by atoms with E-state index in [1.807, 2.05) is 48.5 Å². The molecule has 0 aliphatic rings. The molecular weight excluding hydrogens is 319 g/mol. The highest BCUT2D eigenvalue weighted by molar-refractivity contribution is 7.37. The molecule has 7 heteroatoms. The molecule has 0 spiro atoms. The number of hydrogen-bond acceptors (Lipinski definition) is 5. The average molecular weight is 336 g/mol. The third-order valence-corrected chi connectivity index (χ3v) is 5.11. The maximum Gasteiger partial charge on any atom is 0.597 e. The van der Waals surface area contributed by atoms with E-state index in [2.05, 4.69) is 0 Å². The SMILES string of the molecule is CO[Si](OC)OC.O=[p+]1oc2ccccc2c2ccccc21. The fourth-order valence-corrected chi connectivity index (χ4v) is 3.55. The molecule has 0 saturated heterocycles. The van der Waals surface area contributed by atoms with E-state index in [9.17, 15) is 4.57 Å². The molecule has 1 atom stereocenters. The van der Waals surface area contributed by atoms with Crippen LogP contribution >= 0.6 is 7.65 Å². The van der Waals surface area contributed by atoms with Gasteiger partial charge in [0.1, 0.15) is 0 Å². The van der Waals surface area contributed by atoms with E-state index in [1.54, 1.807) is 21.3 Å². The molecule has 0 N–H and O–H groups in total. The van der Waals surface area contributed by atoms with Crippen LogP contribution in [-0.4, -0.2) is 30.9 Å². The van der Waals surface area contributed by atoms with Gasteiger partial charge < -0.3 is 13.3 Å². The van der Waals surface area contributed by atoms with Crippen LogP contribution in [0.1, 0.15) is 0 Å². The van der Waals surface area contributed by atoms with Crippen molar-refractivity contribution in [2.75, 3.05) is 21.3 Å². The van der Waals surface area contributed by atoms with Crippen molar-refractivity contribution in [1.82, 2.24) is 0 Å². The monoisotopic (exact) mass is 336 g/mol. The Kier molecular flexibility index (Phi) is 6.24. The topological polar surface area (TPSA) is 57.9 Å². The Morgan fingerprint density at radius 1 is 0.864 bits per heavy atom. The quantitative estimate of drug-likeness (QED) is 0.529. The third kappa shape index (κ3) is 3.79. The highest BCUT2D eigenvalue weighted by Crippen LogP contribution is 2.34. The summed E-state index contributed by atoms with van der Waals surface area (Å²) in [7, 11) is 1.56. The molecule has 0 saturated carbocycles. The zero-order valence-corrected chi connectivity index (χ0v) is 14.5. The molecule has 1 radical (unpaired) electrons. The van der Waals surface area contributed by atoms with Gasteiger partial charge in [0.05, 0.1) is 0 Å². The maximum absolute atomic E-state index is 11.8. The molecule has 0 aliphatic heterocycles. The van der Waals surface area contributed by atoms with Crippen molar-refractivity contribution in [2.45, 2.75) is 0 Å². The number of para-hydroxylation sites is 1. The van der Waals surface area contributed by atoms with Crippen molar-refractivity contribution in [3.05, 3.63) is 48.5 Å². The summed E-state index contributed by atoms with van der Waals surface area (Å²) in [4.78, 5) is 0. The second-order valence-electron chi connectivity index (χ2n) is 4.22. The van der Waals surface area contributed by atoms with E-state index in [4.69, 9.17) is 17.5 Å². The van der Waals surface area contributed by atoms with E-state index in [-0.39, 0.29) is 0 Å². The van der Waals surface area contributed by atoms with Gasteiger partial charge in [-0.2, -0.15) is 0 Å². The van der Waals surface area contributed by atoms with Crippen molar-refractivity contribution in [2.24, 2.45) is 0 Å². The van der Waals surface area contributed by atoms with Gasteiger partial charge in [-0.25, -0.2) is 4.20 Å². The summed E-state index contributed by atoms with van der Waals surface area (Å²) in [5, 5.41) is 2.81. The van der Waals surface area contributed by atoms with Crippen LogP contribution in [0, 0.1) is 0 Å². The summed E-state index contributed by atoms with van der Waals surface area (Å²) >= 11 is 0. The molecule has 0 bridgehead atoms. The van der Waals surface area contributed by atoms with Crippen molar-refractivity contribution in [3.8, 4) is 0 Å². The number of rotatable bonds is 3. The van der Waals surface area contributed by atoms with E-state index in [1.165, 1.54) is 0 Å². The van der Waals surface area contributed by atoms with Crippen LogP contribution in [0.4, 0.5) is 0 Å². The van der Waals surface area contributed by atoms with Gasteiger partial charge in [0.2, 0.25) is 5.12 Å². The molecule has 2 aromatic carbocycles. The lowest BCUT2D eigenvalue weighted by Gasteiger charge is -2.02. The molecule has 0 aliphatic carbocycles. The van der Waals surface area contributed by atoms with Crippen LogP contribution < -0.4 is 0 Å². The standard InChI is InChI=1S/C12H8O2P.C3H9O3Si/c13-15-12-8-4-2-6-10(12)9-5-1-3-7-11(9)14-15;1-4-7(5-2)6-3/h1-8H;1-3H3/q+1;. The van der Waals surface area contributed by atoms with Crippen LogP contribution in [0.2, 0.25) is 0 Å². The fourth-order valence-electron chi connectivity index (χ4n) is 2.02. The Labute approximate surface area is 131 Å². The van der Waals surface area contributed by atoms with E-state index >= 15 is 0 Å². The van der Waals surface area contributed by atoms with Crippen molar-refractivity contribution >= 4 is 38.7 Å². The van der Waals surface area contributed by atoms with Gasteiger partial charge in [0.15, 0.2) is 5.58 Å². The molecule has 0 amide bonds. The first kappa shape index (κ1) is 16.8. The van der Waals surface area contributed by atoms with E-state index in [0.29, 0.717) is 5.58 Å². The normalized spacial score (nSPS) is 11.5. The summed E-state index contributed by atoms with van der Waals surface area (Å²) in [5.41, 5.74) is 0.706. The van der Waals surface area contributed by atoms with Crippen molar-refractivity contribution in [3.63, 3.8) is 0 Å². The lowest BCUT2D eigenvalue weighted by molar-refractivity contribution is 0.163. The maximum atomic E-state index is 11.8. The largest absolute Gasteiger partial charge is 0.597 e. The molecule has 1 aromatic heterocycles. The minimum absolute atomic E-state index is 0.706. The molecule has 0 fully saturated rings. The van der Waals surface area contributed by atoms with Crippen LogP contribution in [0.5, 0.6) is 0 Å². The van der Waals surface area contributed by atoms with Crippen LogP contribution in [0.3, 0.4) is 0 Å². The Bertz CT molecular complexity index is 795. The molecule has 3 rings (SSSR count). The predicted octanol–water partition coefficient (Wildman–Crippen LogP) is 4.24. The molecule has 115 valence electrons. The Morgan fingerprint density at radius 2 is 1.41 bits per heavy atom. The second-order valence-corrected chi connectivity index (χ2v) is 7.13. The van der Waals surface area contributed by atoms with E-state index < -0.39 is 17.2 Å². The van der Waals surface area contributed by atoms with Gasteiger partial charge in [-0.05, 0) is 22.8 Å². The molecule has 1 unspecified atom stereocenters. The first-order chi connectivity index (χ1) is 10.7. The summed E-state index contributed by atoms with van der Waals surface area (Å²) < 4.78 is 31.3. The van der Waals surface area contributed by atoms with Gasteiger partial charge in [-0.1, -0.05) is 30.3 Å². The smallest absolute Gasteiger partial charge is 0.375 e. The van der Waals surface area contributed by atoms with E-state index in [0.717, 1.165) is 15.9 Å². The van der Waals surface area contributed by atoms with Gasteiger partial charge >= 0.3 is 17.2 Å². The first-order valence-electron chi connectivity index (χ1n) is 6.53. The molecule has 1 heterocycles. The lowest BCUT2D eigenvalue weighted by atomic mass is 10.1. The highest BCUT2D eigenvalue weighted by Gasteiger charge is 2.14. The van der Waals surface area contributed by atoms with Crippen LogP contribution in [-0.2, 0) is 17.8 Å². The van der Waals surface area contributed by atoms with Crippen molar-refractivity contribution < 1.29 is 22.0 Å². The van der Waals surface area contributed by atoms with Crippen LogP contribution in [0.25, 0.3) is 21.5 Å². The lowest BCUT2D eigenvalue weighted by Crippen LogP contribution is -2.21. The number of fused-ring (bicyclic) bond motifs is 3. The Morgan fingerprint density at radius 3 is 2.00 bits per heavy atom. The summed E-state index contributed by atoms with van der Waals surface area (Å²) in [6.45, 7) is 0. The number of benzene rings is 2. The molecular formula is C15H17O5PSi+. The van der Waals surface area contributed by atoms with Crippen molar-refractivity contribution in [1.29, 1.82) is 0 Å². The minimum atomic E-state index is -1.74. The third-order valence-electron chi connectivity index (χ3n) is 2.96. The predicted molar refractivity (Wildman–Crippen MR) is 88.1 cm³/mol.